The van der Waals surface area contributed by atoms with Gasteiger partial charge >= 0.3 is 11.7 Å². The Kier molecular flexibility index (Phi) is 9.35. The van der Waals surface area contributed by atoms with Gasteiger partial charge < -0.3 is 14.4 Å². The number of esters is 1. The second-order valence-electron chi connectivity index (χ2n) is 13.0. The van der Waals surface area contributed by atoms with Gasteiger partial charge in [-0.15, -0.1) is 11.3 Å². The summed E-state index contributed by atoms with van der Waals surface area (Å²) >= 11 is 1.73. The Bertz CT molecular complexity index is 1440. The first-order chi connectivity index (χ1) is 19.7. The van der Waals surface area contributed by atoms with Crippen molar-refractivity contribution in [3.8, 4) is 16.3 Å². The average molecular weight is 597 g/mol. The van der Waals surface area contributed by atoms with E-state index < -0.39 is 11.7 Å². The molecule has 1 saturated heterocycles. The summed E-state index contributed by atoms with van der Waals surface area (Å²) in [7, 11) is 1.75. The number of ether oxygens (including phenoxy) is 2. The fourth-order valence-corrected chi connectivity index (χ4v) is 6.47. The number of rotatable bonds is 8. The highest BCUT2D eigenvalue weighted by Crippen LogP contribution is 2.44. The Balaban J connectivity index is 1.44. The zero-order valence-corrected chi connectivity index (χ0v) is 27.0. The lowest BCUT2D eigenvalue weighted by atomic mass is 9.78. The van der Waals surface area contributed by atoms with Crippen LogP contribution in [0, 0.1) is 0 Å². The molecule has 0 spiro atoms. The van der Waals surface area contributed by atoms with Crippen molar-refractivity contribution in [3.05, 3.63) is 57.2 Å². The van der Waals surface area contributed by atoms with Gasteiger partial charge in [0, 0.05) is 53.2 Å². The highest BCUT2D eigenvalue weighted by atomic mass is 32.1. The van der Waals surface area contributed by atoms with Crippen molar-refractivity contribution >= 4 is 23.2 Å². The molecule has 1 fully saturated rings. The van der Waals surface area contributed by atoms with Crippen LogP contribution in [0.3, 0.4) is 0 Å². The summed E-state index contributed by atoms with van der Waals surface area (Å²) in [5.41, 5.74) is 2.88. The fraction of sp³-hybridized carbons (Fsp3) is 0.562. The first-order valence-corrected chi connectivity index (χ1v) is 15.4. The van der Waals surface area contributed by atoms with Gasteiger partial charge in [-0.2, -0.15) is 0 Å². The summed E-state index contributed by atoms with van der Waals surface area (Å²) in [6, 6.07) is 4.44. The minimum Gasteiger partial charge on any atom is -0.496 e. The molecule has 1 aliphatic heterocycles. The number of hydrogen-bond donors (Lipinski definition) is 0. The van der Waals surface area contributed by atoms with Crippen LogP contribution in [0.2, 0.25) is 0 Å². The molecule has 0 N–H and O–H groups in total. The largest absolute Gasteiger partial charge is 0.496 e. The number of thiazole rings is 1. The van der Waals surface area contributed by atoms with E-state index in [1.165, 1.54) is 31.3 Å². The van der Waals surface area contributed by atoms with Crippen molar-refractivity contribution in [3.63, 3.8) is 0 Å². The Morgan fingerprint density at radius 3 is 2.07 bits per heavy atom. The van der Waals surface area contributed by atoms with Crippen LogP contribution in [0.25, 0.3) is 10.6 Å². The number of carbonyl (C=O) groups excluding carboxylic acids is 2. The maximum absolute atomic E-state index is 13.0. The van der Waals surface area contributed by atoms with Crippen molar-refractivity contribution < 1.29 is 19.1 Å². The number of imidazole rings is 1. The zero-order chi connectivity index (χ0) is 30.8. The molecular weight excluding hydrogens is 552 g/mol. The highest BCUT2D eigenvalue weighted by molar-refractivity contribution is 7.15. The van der Waals surface area contributed by atoms with Crippen LogP contribution in [0.4, 0.5) is 0 Å². The molecule has 0 aliphatic carbocycles. The van der Waals surface area contributed by atoms with Gasteiger partial charge in [0.1, 0.15) is 23.8 Å². The van der Waals surface area contributed by atoms with Crippen LogP contribution < -0.4 is 10.4 Å². The number of piperidine rings is 1. The summed E-state index contributed by atoms with van der Waals surface area (Å²) in [6.07, 6.45) is 6.73. The standard InChI is InChI=1S/C32H44N4O5S/c1-9-41-27(38)20-36-15-14-35(30(36)39)19-26(37)34-12-10-21(11-13-34)25-18-33-29(42-25)22-16-23(31(2,3)4)28(40-8)24(17-22)32(5,6)7/h14-18,21H,9-13,19-20H2,1-8H3. The number of hydrogen-bond acceptors (Lipinski definition) is 7. The van der Waals surface area contributed by atoms with E-state index in [1.807, 2.05) is 11.1 Å². The topological polar surface area (TPSA) is 95.7 Å². The molecule has 10 heteroatoms. The van der Waals surface area contributed by atoms with E-state index in [1.54, 1.807) is 31.6 Å². The van der Waals surface area contributed by atoms with E-state index >= 15 is 0 Å². The zero-order valence-electron chi connectivity index (χ0n) is 26.2. The van der Waals surface area contributed by atoms with Crippen molar-refractivity contribution in [2.24, 2.45) is 0 Å². The fourth-order valence-electron chi connectivity index (χ4n) is 5.39. The number of amides is 1. The maximum atomic E-state index is 13.0. The Morgan fingerprint density at radius 2 is 1.55 bits per heavy atom. The molecule has 0 saturated carbocycles. The normalized spacial score (nSPS) is 14.7. The van der Waals surface area contributed by atoms with Gasteiger partial charge in [0.05, 0.1) is 13.7 Å². The number of carbonyl (C=O) groups is 2. The van der Waals surface area contributed by atoms with E-state index in [-0.39, 0.29) is 36.4 Å². The van der Waals surface area contributed by atoms with Gasteiger partial charge in [0.15, 0.2) is 0 Å². The third-order valence-electron chi connectivity index (χ3n) is 7.76. The monoisotopic (exact) mass is 596 g/mol. The van der Waals surface area contributed by atoms with Crippen molar-refractivity contribution in [1.29, 1.82) is 0 Å². The molecule has 3 heterocycles. The van der Waals surface area contributed by atoms with Crippen LogP contribution in [0.5, 0.6) is 5.75 Å². The Morgan fingerprint density at radius 1 is 0.976 bits per heavy atom. The molecule has 1 aliphatic rings. The number of likely N-dealkylation sites (tertiary alicyclic amines) is 1. The molecule has 0 bridgehead atoms. The third-order valence-corrected chi connectivity index (χ3v) is 8.97. The van der Waals surface area contributed by atoms with E-state index in [2.05, 4.69) is 53.7 Å². The highest BCUT2D eigenvalue weighted by Gasteiger charge is 2.29. The van der Waals surface area contributed by atoms with Crippen LogP contribution in [0.15, 0.2) is 35.5 Å². The number of benzene rings is 1. The number of nitrogens with zero attached hydrogens (tertiary/aromatic N) is 4. The third kappa shape index (κ3) is 6.97. The summed E-state index contributed by atoms with van der Waals surface area (Å²) in [5, 5.41) is 0.994. The van der Waals surface area contributed by atoms with Gasteiger partial charge in [0.2, 0.25) is 5.91 Å². The lowest BCUT2D eigenvalue weighted by Gasteiger charge is -2.31. The van der Waals surface area contributed by atoms with E-state index in [0.29, 0.717) is 19.0 Å². The SMILES string of the molecule is CCOC(=O)Cn1ccn(CC(=O)N2CCC(c3cnc(-c4cc(C(C)(C)C)c(OC)c(C(C)(C)C)c4)s3)CC2)c1=O. The molecule has 4 rings (SSSR count). The molecular formula is C32H44N4O5S. The number of methoxy groups -OCH3 is 1. The second kappa shape index (κ2) is 12.5. The van der Waals surface area contributed by atoms with Crippen molar-refractivity contribution in [2.45, 2.75) is 91.1 Å². The summed E-state index contributed by atoms with van der Waals surface area (Å²) in [4.78, 5) is 45.2. The molecule has 42 heavy (non-hydrogen) atoms. The van der Waals surface area contributed by atoms with E-state index in [0.717, 1.165) is 29.2 Å². The van der Waals surface area contributed by atoms with Gasteiger partial charge in [-0.05, 0) is 48.6 Å². The summed E-state index contributed by atoms with van der Waals surface area (Å²) < 4.78 is 13.4. The minimum atomic E-state index is -0.478. The minimum absolute atomic E-state index is 0.0479. The predicted octanol–water partition coefficient (Wildman–Crippen LogP) is 5.35. The van der Waals surface area contributed by atoms with E-state index in [9.17, 15) is 14.4 Å². The molecule has 0 unspecified atom stereocenters. The molecule has 1 amide bonds. The molecule has 228 valence electrons. The van der Waals surface area contributed by atoms with Gasteiger partial charge in [-0.1, -0.05) is 41.5 Å². The molecule has 0 radical (unpaired) electrons. The molecule has 9 nitrogen and oxygen atoms in total. The quantitative estimate of drug-likeness (QED) is 0.326. The van der Waals surface area contributed by atoms with Crippen LogP contribution in [-0.2, 0) is 38.2 Å². The number of aromatic nitrogens is 3. The first kappa shape index (κ1) is 31.5. The lowest BCUT2D eigenvalue weighted by Crippen LogP contribution is -2.41. The lowest BCUT2D eigenvalue weighted by molar-refractivity contribution is -0.143. The Labute approximate surface area is 252 Å². The van der Waals surface area contributed by atoms with Crippen molar-refractivity contribution in [1.82, 2.24) is 19.0 Å². The van der Waals surface area contributed by atoms with E-state index in [4.69, 9.17) is 14.5 Å². The molecule has 1 aromatic carbocycles. The smallest absolute Gasteiger partial charge is 0.329 e. The molecule has 3 aromatic rings. The van der Waals surface area contributed by atoms with Gasteiger partial charge in [-0.3, -0.25) is 18.7 Å². The Hall–Kier alpha value is -3.40. The predicted molar refractivity (Wildman–Crippen MR) is 165 cm³/mol. The summed E-state index contributed by atoms with van der Waals surface area (Å²) in [5.74, 6) is 0.701. The first-order valence-electron chi connectivity index (χ1n) is 14.6. The maximum Gasteiger partial charge on any atom is 0.329 e. The summed E-state index contributed by atoms with van der Waals surface area (Å²) in [6.45, 7) is 16.2. The molecule has 2 aromatic heterocycles. The van der Waals surface area contributed by atoms with Gasteiger partial charge in [0.25, 0.3) is 0 Å². The van der Waals surface area contributed by atoms with Crippen LogP contribution in [-0.4, -0.2) is 57.7 Å². The molecule has 0 atom stereocenters. The van der Waals surface area contributed by atoms with Crippen LogP contribution in [0.1, 0.15) is 83.2 Å². The van der Waals surface area contributed by atoms with Crippen LogP contribution >= 0.6 is 11.3 Å². The van der Waals surface area contributed by atoms with Crippen molar-refractivity contribution in [2.75, 3.05) is 26.8 Å². The second-order valence-corrected chi connectivity index (χ2v) is 14.0. The van der Waals surface area contributed by atoms with Gasteiger partial charge in [-0.25, -0.2) is 9.78 Å². The average Bonchev–Trinajstić information content (AvgIpc) is 3.55.